The van der Waals surface area contributed by atoms with Gasteiger partial charge in [0.25, 0.3) is 0 Å². The number of hydrogen-bond acceptors (Lipinski definition) is 1. The SMILES string of the molecule is CCc1c(C)nc2c(F)ccc(Cl)c2c1Cl. The summed E-state index contributed by atoms with van der Waals surface area (Å²) in [6.45, 7) is 3.80. The zero-order chi connectivity index (χ0) is 11.9. The lowest BCUT2D eigenvalue weighted by Gasteiger charge is -2.10. The first-order valence-corrected chi connectivity index (χ1v) is 5.74. The van der Waals surface area contributed by atoms with Crippen molar-refractivity contribution in [3.05, 3.63) is 39.3 Å². The Morgan fingerprint density at radius 1 is 1.31 bits per heavy atom. The van der Waals surface area contributed by atoms with Gasteiger partial charge in [0.05, 0.1) is 10.0 Å². The molecule has 4 heteroatoms. The maximum absolute atomic E-state index is 13.6. The van der Waals surface area contributed by atoms with Gasteiger partial charge in [0.1, 0.15) is 11.3 Å². The molecule has 1 aromatic heterocycles. The van der Waals surface area contributed by atoms with Crippen LogP contribution < -0.4 is 0 Å². The fraction of sp³-hybridized carbons (Fsp3) is 0.250. The van der Waals surface area contributed by atoms with Crippen LogP contribution in [0.15, 0.2) is 12.1 Å². The van der Waals surface area contributed by atoms with Crippen LogP contribution in [0.25, 0.3) is 10.9 Å². The molecule has 0 radical (unpaired) electrons. The van der Waals surface area contributed by atoms with E-state index in [9.17, 15) is 4.39 Å². The molecule has 0 bridgehead atoms. The smallest absolute Gasteiger partial charge is 0.149 e. The number of aryl methyl sites for hydroxylation is 1. The number of benzene rings is 1. The number of pyridine rings is 1. The molecular formula is C12H10Cl2FN. The summed E-state index contributed by atoms with van der Waals surface area (Å²) in [5.74, 6) is -0.396. The van der Waals surface area contributed by atoms with Gasteiger partial charge >= 0.3 is 0 Å². The van der Waals surface area contributed by atoms with E-state index in [0.29, 0.717) is 15.4 Å². The quantitative estimate of drug-likeness (QED) is 0.731. The van der Waals surface area contributed by atoms with Crippen molar-refractivity contribution in [3.8, 4) is 0 Å². The van der Waals surface area contributed by atoms with Crippen molar-refractivity contribution in [2.75, 3.05) is 0 Å². The molecule has 84 valence electrons. The van der Waals surface area contributed by atoms with Gasteiger partial charge in [0, 0.05) is 11.1 Å². The summed E-state index contributed by atoms with van der Waals surface area (Å²) in [6, 6.07) is 2.81. The molecule has 1 nitrogen and oxygen atoms in total. The summed E-state index contributed by atoms with van der Waals surface area (Å²) in [6.07, 6.45) is 0.750. The van der Waals surface area contributed by atoms with Gasteiger partial charge in [-0.2, -0.15) is 0 Å². The first-order valence-electron chi connectivity index (χ1n) is 4.99. The zero-order valence-corrected chi connectivity index (χ0v) is 10.5. The minimum atomic E-state index is -0.396. The van der Waals surface area contributed by atoms with Crippen molar-refractivity contribution in [2.24, 2.45) is 0 Å². The zero-order valence-electron chi connectivity index (χ0n) is 8.94. The second-order valence-corrected chi connectivity index (χ2v) is 4.38. The molecule has 0 aliphatic heterocycles. The predicted molar refractivity (Wildman–Crippen MR) is 65.8 cm³/mol. The molecule has 16 heavy (non-hydrogen) atoms. The van der Waals surface area contributed by atoms with Gasteiger partial charge in [-0.3, -0.25) is 0 Å². The summed E-state index contributed by atoms with van der Waals surface area (Å²) in [4.78, 5) is 4.22. The van der Waals surface area contributed by atoms with Gasteiger partial charge in [-0.25, -0.2) is 9.37 Å². The largest absolute Gasteiger partial charge is 0.250 e. The first-order chi connectivity index (χ1) is 7.56. The number of halogens is 3. The van der Waals surface area contributed by atoms with Crippen molar-refractivity contribution in [3.63, 3.8) is 0 Å². The third-order valence-electron chi connectivity index (χ3n) is 2.63. The van der Waals surface area contributed by atoms with E-state index in [1.165, 1.54) is 12.1 Å². The number of nitrogens with zero attached hydrogens (tertiary/aromatic N) is 1. The van der Waals surface area contributed by atoms with E-state index in [2.05, 4.69) is 4.98 Å². The van der Waals surface area contributed by atoms with Gasteiger partial charge in [-0.1, -0.05) is 30.1 Å². The topological polar surface area (TPSA) is 12.9 Å². The minimum absolute atomic E-state index is 0.243. The van der Waals surface area contributed by atoms with Gasteiger partial charge in [0.15, 0.2) is 0 Å². The highest BCUT2D eigenvalue weighted by Gasteiger charge is 2.14. The van der Waals surface area contributed by atoms with Crippen molar-refractivity contribution in [1.82, 2.24) is 4.98 Å². The standard InChI is InChI=1S/C12H10Cl2FN/c1-3-7-6(2)16-12-9(15)5-4-8(13)10(12)11(7)14/h4-5H,3H2,1-2H3. The maximum atomic E-state index is 13.6. The molecule has 0 unspecified atom stereocenters. The van der Waals surface area contributed by atoms with Crippen LogP contribution in [0.2, 0.25) is 10.0 Å². The lowest BCUT2D eigenvalue weighted by molar-refractivity contribution is 0.636. The summed E-state index contributed by atoms with van der Waals surface area (Å²) in [7, 11) is 0. The molecule has 0 atom stereocenters. The van der Waals surface area contributed by atoms with Gasteiger partial charge in [-0.15, -0.1) is 0 Å². The molecule has 0 N–H and O–H groups in total. The van der Waals surface area contributed by atoms with Crippen molar-refractivity contribution in [2.45, 2.75) is 20.3 Å². The monoisotopic (exact) mass is 257 g/mol. The Labute approximate surface area is 103 Å². The number of hydrogen-bond donors (Lipinski definition) is 0. The normalized spacial score (nSPS) is 11.1. The van der Waals surface area contributed by atoms with Gasteiger partial charge < -0.3 is 0 Å². The third kappa shape index (κ3) is 1.66. The molecule has 0 spiro atoms. The van der Waals surface area contributed by atoms with E-state index < -0.39 is 5.82 Å². The minimum Gasteiger partial charge on any atom is -0.250 e. The van der Waals surface area contributed by atoms with E-state index in [-0.39, 0.29) is 5.52 Å². The van der Waals surface area contributed by atoms with Crippen LogP contribution in [-0.2, 0) is 6.42 Å². The lowest BCUT2D eigenvalue weighted by atomic mass is 10.1. The molecule has 0 fully saturated rings. The molecule has 0 aliphatic carbocycles. The number of rotatable bonds is 1. The Morgan fingerprint density at radius 3 is 2.62 bits per heavy atom. The Kier molecular flexibility index (Phi) is 3.04. The summed E-state index contributed by atoms with van der Waals surface area (Å²) in [5.41, 5.74) is 1.91. The summed E-state index contributed by atoms with van der Waals surface area (Å²) >= 11 is 12.3. The lowest BCUT2D eigenvalue weighted by Crippen LogP contribution is -1.96. The summed E-state index contributed by atoms with van der Waals surface area (Å²) in [5, 5.41) is 1.45. The Hall–Kier alpha value is -0.860. The highest BCUT2D eigenvalue weighted by Crippen LogP contribution is 2.34. The highest BCUT2D eigenvalue weighted by atomic mass is 35.5. The van der Waals surface area contributed by atoms with Crippen LogP contribution in [0.5, 0.6) is 0 Å². The van der Waals surface area contributed by atoms with E-state index in [0.717, 1.165) is 17.7 Å². The Morgan fingerprint density at radius 2 is 2.00 bits per heavy atom. The van der Waals surface area contributed by atoms with E-state index >= 15 is 0 Å². The van der Waals surface area contributed by atoms with Gasteiger partial charge in [-0.05, 0) is 31.0 Å². The van der Waals surface area contributed by atoms with Crippen LogP contribution in [-0.4, -0.2) is 4.98 Å². The van der Waals surface area contributed by atoms with Crippen LogP contribution in [0, 0.1) is 12.7 Å². The Balaban J connectivity index is 2.98. The number of fused-ring (bicyclic) bond motifs is 1. The van der Waals surface area contributed by atoms with Gasteiger partial charge in [0.2, 0.25) is 0 Å². The third-order valence-corrected chi connectivity index (χ3v) is 3.36. The fourth-order valence-corrected chi connectivity index (χ4v) is 2.57. The molecular weight excluding hydrogens is 248 g/mol. The molecule has 1 heterocycles. The molecule has 2 rings (SSSR count). The van der Waals surface area contributed by atoms with Crippen LogP contribution in [0.4, 0.5) is 4.39 Å². The molecule has 0 amide bonds. The number of aromatic nitrogens is 1. The van der Waals surface area contributed by atoms with Crippen LogP contribution >= 0.6 is 23.2 Å². The molecule has 1 aromatic carbocycles. The van der Waals surface area contributed by atoms with E-state index in [4.69, 9.17) is 23.2 Å². The average molecular weight is 258 g/mol. The maximum Gasteiger partial charge on any atom is 0.149 e. The van der Waals surface area contributed by atoms with E-state index in [1.807, 2.05) is 13.8 Å². The van der Waals surface area contributed by atoms with Crippen molar-refractivity contribution >= 4 is 34.1 Å². The summed E-state index contributed by atoms with van der Waals surface area (Å²) < 4.78 is 13.6. The average Bonchev–Trinajstić information content (AvgIpc) is 2.24. The van der Waals surface area contributed by atoms with E-state index in [1.54, 1.807) is 0 Å². The van der Waals surface area contributed by atoms with Crippen molar-refractivity contribution in [1.29, 1.82) is 0 Å². The second-order valence-electron chi connectivity index (χ2n) is 3.60. The molecule has 0 saturated carbocycles. The molecule has 2 aromatic rings. The van der Waals surface area contributed by atoms with Crippen molar-refractivity contribution < 1.29 is 4.39 Å². The fourth-order valence-electron chi connectivity index (χ4n) is 1.82. The highest BCUT2D eigenvalue weighted by molar-refractivity contribution is 6.42. The molecule has 0 saturated heterocycles. The molecule has 0 aliphatic rings. The predicted octanol–water partition coefficient (Wildman–Crippen LogP) is 4.55. The Bertz CT molecular complexity index is 567. The second kappa shape index (κ2) is 4.19. The van der Waals surface area contributed by atoms with Crippen LogP contribution in [0.3, 0.4) is 0 Å². The first kappa shape index (κ1) is 11.6. The van der Waals surface area contributed by atoms with Crippen LogP contribution in [0.1, 0.15) is 18.2 Å².